The fourth-order valence-electron chi connectivity index (χ4n) is 3.71. The predicted molar refractivity (Wildman–Crippen MR) is 99.6 cm³/mol. The van der Waals surface area contributed by atoms with Gasteiger partial charge in [-0.1, -0.05) is 12.1 Å². The number of para-hydroxylation sites is 1. The van der Waals surface area contributed by atoms with E-state index in [2.05, 4.69) is 0 Å². The second-order valence-corrected chi connectivity index (χ2v) is 9.11. The summed E-state index contributed by atoms with van der Waals surface area (Å²) >= 11 is 0. The quantitative estimate of drug-likeness (QED) is 0.695. The lowest BCUT2D eigenvalue weighted by molar-refractivity contribution is -0.153. The summed E-state index contributed by atoms with van der Waals surface area (Å²) in [5, 5.41) is 0. The van der Waals surface area contributed by atoms with Gasteiger partial charge in [0.05, 0.1) is 17.2 Å². The molecule has 3 rings (SSSR count). The van der Waals surface area contributed by atoms with E-state index in [-0.39, 0.29) is 17.3 Å². The number of likely N-dealkylation sites (N-methyl/N-ethyl adjacent to an activating group) is 1. The van der Waals surface area contributed by atoms with Gasteiger partial charge >= 0.3 is 11.8 Å². The zero-order valence-electron chi connectivity index (χ0n) is 15.3. The number of sulfone groups is 1. The average molecular weight is 397 g/mol. The van der Waals surface area contributed by atoms with Crippen LogP contribution in [-0.2, 0) is 19.4 Å². The molecular formula is C18H24FN3O4S. The van der Waals surface area contributed by atoms with Gasteiger partial charge in [0.1, 0.15) is 5.82 Å². The summed E-state index contributed by atoms with van der Waals surface area (Å²) in [6.45, 7) is 3.54. The van der Waals surface area contributed by atoms with E-state index in [1.807, 2.05) is 4.90 Å². The molecule has 7 nitrogen and oxygen atoms in total. The van der Waals surface area contributed by atoms with Crippen molar-refractivity contribution in [2.75, 3.05) is 49.1 Å². The van der Waals surface area contributed by atoms with Crippen molar-refractivity contribution in [3.8, 4) is 0 Å². The predicted octanol–water partition coefficient (Wildman–Crippen LogP) is 0.510. The van der Waals surface area contributed by atoms with E-state index in [1.165, 1.54) is 15.9 Å². The highest BCUT2D eigenvalue weighted by molar-refractivity contribution is 7.91. The van der Waals surface area contributed by atoms with Crippen LogP contribution in [0.5, 0.6) is 0 Å². The van der Waals surface area contributed by atoms with Crippen molar-refractivity contribution >= 4 is 27.3 Å². The minimum Gasteiger partial charge on any atom is -0.366 e. The number of anilines is 1. The maximum atomic E-state index is 13.9. The minimum absolute atomic E-state index is 0.0525. The highest BCUT2D eigenvalue weighted by Crippen LogP contribution is 2.21. The van der Waals surface area contributed by atoms with Crippen LogP contribution in [0.15, 0.2) is 24.3 Å². The zero-order valence-corrected chi connectivity index (χ0v) is 16.1. The van der Waals surface area contributed by atoms with Crippen molar-refractivity contribution in [2.45, 2.75) is 19.4 Å². The fourth-order valence-corrected chi connectivity index (χ4v) is 5.44. The number of hydrogen-bond acceptors (Lipinski definition) is 5. The van der Waals surface area contributed by atoms with Gasteiger partial charge in [0, 0.05) is 38.8 Å². The number of carbonyl (C=O) groups is 2. The largest absolute Gasteiger partial charge is 0.366 e. The number of nitrogens with zero attached hydrogens (tertiary/aromatic N) is 3. The average Bonchev–Trinajstić information content (AvgIpc) is 3.01. The Hall–Kier alpha value is -2.16. The standard InChI is InChI=1S/C18H24FN3O4S/c1-2-22(14-7-12-27(25,26)13-14)18(24)17(23)21-10-8-20(9-11-21)16-6-4-3-5-15(16)19/h3-6,14H,2,7-13H2,1H3. The van der Waals surface area contributed by atoms with Gasteiger partial charge in [-0.05, 0) is 25.5 Å². The van der Waals surface area contributed by atoms with Crippen LogP contribution in [0.4, 0.5) is 10.1 Å². The van der Waals surface area contributed by atoms with E-state index in [9.17, 15) is 22.4 Å². The van der Waals surface area contributed by atoms with Crippen LogP contribution in [0, 0.1) is 5.82 Å². The molecule has 148 valence electrons. The fraction of sp³-hybridized carbons (Fsp3) is 0.556. The van der Waals surface area contributed by atoms with E-state index >= 15 is 0 Å². The lowest BCUT2D eigenvalue weighted by Crippen LogP contribution is -2.55. The van der Waals surface area contributed by atoms with Crippen molar-refractivity contribution in [3.63, 3.8) is 0 Å². The lowest BCUT2D eigenvalue weighted by atomic mass is 10.2. The van der Waals surface area contributed by atoms with Crippen molar-refractivity contribution < 1.29 is 22.4 Å². The molecule has 2 amide bonds. The molecule has 2 aliphatic rings. The monoisotopic (exact) mass is 397 g/mol. The highest BCUT2D eigenvalue weighted by atomic mass is 32.2. The molecule has 27 heavy (non-hydrogen) atoms. The molecule has 1 unspecified atom stereocenters. The molecule has 1 aromatic carbocycles. The van der Waals surface area contributed by atoms with Crippen LogP contribution in [0.25, 0.3) is 0 Å². The molecule has 0 saturated carbocycles. The Morgan fingerprint density at radius 1 is 1.19 bits per heavy atom. The SMILES string of the molecule is CCN(C(=O)C(=O)N1CCN(c2ccccc2F)CC1)C1CCS(=O)(=O)C1. The summed E-state index contributed by atoms with van der Waals surface area (Å²) in [7, 11) is -3.14. The van der Waals surface area contributed by atoms with Gasteiger partial charge in [-0.2, -0.15) is 0 Å². The zero-order chi connectivity index (χ0) is 19.6. The normalized spacial score (nSPS) is 21.9. The van der Waals surface area contributed by atoms with Crippen molar-refractivity contribution in [1.29, 1.82) is 0 Å². The molecule has 1 atom stereocenters. The van der Waals surface area contributed by atoms with Crippen LogP contribution in [0.3, 0.4) is 0 Å². The summed E-state index contributed by atoms with van der Waals surface area (Å²) in [5.74, 6) is -1.61. The summed E-state index contributed by atoms with van der Waals surface area (Å²) in [6, 6.07) is 6.03. The van der Waals surface area contributed by atoms with E-state index in [1.54, 1.807) is 25.1 Å². The molecule has 2 saturated heterocycles. The first-order valence-corrected chi connectivity index (χ1v) is 10.9. The third kappa shape index (κ3) is 4.23. The molecule has 2 aliphatic heterocycles. The van der Waals surface area contributed by atoms with E-state index < -0.39 is 27.7 Å². The van der Waals surface area contributed by atoms with Gasteiger partial charge in [-0.15, -0.1) is 0 Å². The maximum Gasteiger partial charge on any atom is 0.312 e. The van der Waals surface area contributed by atoms with Gasteiger partial charge in [0.2, 0.25) is 0 Å². The highest BCUT2D eigenvalue weighted by Gasteiger charge is 2.37. The van der Waals surface area contributed by atoms with Crippen LogP contribution in [-0.4, -0.2) is 80.3 Å². The van der Waals surface area contributed by atoms with Crippen molar-refractivity contribution in [1.82, 2.24) is 9.80 Å². The van der Waals surface area contributed by atoms with Crippen molar-refractivity contribution in [2.24, 2.45) is 0 Å². The third-order valence-electron chi connectivity index (χ3n) is 5.19. The van der Waals surface area contributed by atoms with Crippen LogP contribution < -0.4 is 4.90 Å². The molecule has 0 spiro atoms. The Kier molecular flexibility index (Phi) is 5.69. The van der Waals surface area contributed by atoms with Gasteiger partial charge in [0.15, 0.2) is 9.84 Å². The van der Waals surface area contributed by atoms with Gasteiger partial charge < -0.3 is 14.7 Å². The topological polar surface area (TPSA) is 78.0 Å². The molecule has 2 heterocycles. The Morgan fingerprint density at radius 3 is 2.41 bits per heavy atom. The van der Waals surface area contributed by atoms with Gasteiger partial charge in [-0.25, -0.2) is 12.8 Å². The molecule has 9 heteroatoms. The van der Waals surface area contributed by atoms with Gasteiger partial charge in [0.25, 0.3) is 0 Å². The first-order valence-electron chi connectivity index (χ1n) is 9.12. The molecule has 0 aliphatic carbocycles. The summed E-state index contributed by atoms with van der Waals surface area (Å²) < 4.78 is 37.3. The molecule has 0 aromatic heterocycles. The van der Waals surface area contributed by atoms with Gasteiger partial charge in [-0.3, -0.25) is 9.59 Å². The molecule has 1 aromatic rings. The second kappa shape index (κ2) is 7.84. The number of hydrogen-bond donors (Lipinski definition) is 0. The Balaban J connectivity index is 1.61. The molecule has 0 radical (unpaired) electrons. The molecule has 0 N–H and O–H groups in total. The number of benzene rings is 1. The van der Waals surface area contributed by atoms with Crippen LogP contribution >= 0.6 is 0 Å². The Bertz CT molecular complexity index is 822. The lowest BCUT2D eigenvalue weighted by Gasteiger charge is -2.37. The third-order valence-corrected chi connectivity index (χ3v) is 6.94. The Morgan fingerprint density at radius 2 is 1.85 bits per heavy atom. The Labute approximate surface area is 158 Å². The first-order chi connectivity index (χ1) is 12.8. The van der Waals surface area contributed by atoms with Crippen LogP contribution in [0.1, 0.15) is 13.3 Å². The van der Waals surface area contributed by atoms with E-state index in [0.29, 0.717) is 44.8 Å². The number of piperazine rings is 1. The minimum atomic E-state index is -3.14. The van der Waals surface area contributed by atoms with E-state index in [4.69, 9.17) is 0 Å². The molecule has 0 bridgehead atoms. The summed E-state index contributed by atoms with van der Waals surface area (Å²) in [4.78, 5) is 29.9. The van der Waals surface area contributed by atoms with E-state index in [0.717, 1.165) is 0 Å². The first kappa shape index (κ1) is 19.6. The van der Waals surface area contributed by atoms with Crippen LogP contribution in [0.2, 0.25) is 0 Å². The number of amides is 2. The molecular weight excluding hydrogens is 373 g/mol. The number of halogens is 1. The maximum absolute atomic E-state index is 13.9. The summed E-state index contributed by atoms with van der Waals surface area (Å²) in [6.07, 6.45) is 0.371. The molecule has 2 fully saturated rings. The summed E-state index contributed by atoms with van der Waals surface area (Å²) in [5.41, 5.74) is 0.488. The smallest absolute Gasteiger partial charge is 0.312 e. The second-order valence-electron chi connectivity index (χ2n) is 6.88. The number of rotatable bonds is 3. The number of carbonyl (C=O) groups excluding carboxylic acids is 2. The van der Waals surface area contributed by atoms with Crippen molar-refractivity contribution in [3.05, 3.63) is 30.1 Å².